The van der Waals surface area contributed by atoms with Crippen molar-refractivity contribution in [1.82, 2.24) is 4.98 Å². The molecule has 3 aromatic rings. The first kappa shape index (κ1) is 16.7. The summed E-state index contributed by atoms with van der Waals surface area (Å²) in [5.41, 5.74) is 1.81. The van der Waals surface area contributed by atoms with Crippen molar-refractivity contribution in [3.63, 3.8) is 0 Å². The van der Waals surface area contributed by atoms with E-state index in [1.807, 2.05) is 11.4 Å². The highest BCUT2D eigenvalue weighted by Crippen LogP contribution is 2.35. The number of carbonyl (C=O) groups is 1. The van der Waals surface area contributed by atoms with Crippen LogP contribution in [0.25, 0.3) is 11.3 Å². The van der Waals surface area contributed by atoms with Gasteiger partial charge in [-0.15, -0.1) is 11.3 Å². The van der Waals surface area contributed by atoms with Gasteiger partial charge in [0.25, 0.3) is 5.91 Å². The van der Waals surface area contributed by atoms with E-state index in [-0.39, 0.29) is 5.91 Å². The highest BCUT2D eigenvalue weighted by atomic mass is 32.1. The number of pyridine rings is 1. The van der Waals surface area contributed by atoms with E-state index < -0.39 is 0 Å². The van der Waals surface area contributed by atoms with Crippen molar-refractivity contribution in [3.05, 3.63) is 58.9 Å². The molecule has 2 heterocycles. The Bertz CT molecular complexity index is 893. The molecule has 0 atom stereocenters. The number of methoxy groups -OCH3 is 2. The van der Waals surface area contributed by atoms with Crippen LogP contribution < -0.4 is 19.5 Å². The van der Waals surface area contributed by atoms with Crippen molar-refractivity contribution in [1.29, 1.82) is 0 Å². The molecule has 0 saturated carbocycles. The fourth-order valence-corrected chi connectivity index (χ4v) is 2.91. The van der Waals surface area contributed by atoms with Crippen molar-refractivity contribution >= 4 is 22.4 Å². The molecule has 3 rings (SSSR count). The zero-order chi connectivity index (χ0) is 17.8. The molecule has 0 aliphatic heterocycles. The molecule has 0 unspecified atom stereocenters. The number of anilines is 1. The van der Waals surface area contributed by atoms with Crippen molar-refractivity contribution in [3.8, 4) is 22.8 Å². The normalized spacial score (nSPS) is 10.3. The van der Waals surface area contributed by atoms with E-state index >= 15 is 0 Å². The molecule has 128 valence electrons. The van der Waals surface area contributed by atoms with Crippen LogP contribution in [0.5, 0.6) is 11.5 Å². The molecule has 25 heavy (non-hydrogen) atoms. The van der Waals surface area contributed by atoms with Gasteiger partial charge in [0.15, 0.2) is 17.5 Å². The van der Waals surface area contributed by atoms with Gasteiger partial charge < -0.3 is 14.7 Å². The monoisotopic (exact) mass is 357 g/mol. The Balaban J connectivity index is 1.83. The Morgan fingerprint density at radius 2 is 1.96 bits per heavy atom. The Labute approximate surface area is 148 Å². The molecule has 1 aromatic carbocycles. The number of rotatable bonds is 5. The Kier molecular flexibility index (Phi) is 4.80. The minimum absolute atomic E-state index is 0.334. The third-order valence-corrected chi connectivity index (χ3v) is 4.23. The van der Waals surface area contributed by atoms with E-state index in [9.17, 15) is 10.0 Å². The number of hydrogen-bond donors (Lipinski definition) is 1. The van der Waals surface area contributed by atoms with Crippen LogP contribution in [-0.4, -0.2) is 25.1 Å². The maximum absolute atomic E-state index is 12.2. The summed E-state index contributed by atoms with van der Waals surface area (Å²) in [5.74, 6) is 1.01. The van der Waals surface area contributed by atoms with Gasteiger partial charge in [0.1, 0.15) is 11.5 Å². The van der Waals surface area contributed by atoms with Crippen LogP contribution in [0.3, 0.4) is 0 Å². The average Bonchev–Trinajstić information content (AvgIpc) is 3.10. The summed E-state index contributed by atoms with van der Waals surface area (Å²) in [6, 6.07) is 8.32. The van der Waals surface area contributed by atoms with Crippen LogP contribution in [-0.2, 0) is 0 Å². The molecule has 0 bridgehead atoms. The lowest BCUT2D eigenvalue weighted by atomic mass is 10.1. The van der Waals surface area contributed by atoms with E-state index in [0.717, 1.165) is 5.56 Å². The fourth-order valence-electron chi connectivity index (χ4n) is 2.20. The molecule has 0 aliphatic carbocycles. The van der Waals surface area contributed by atoms with Crippen LogP contribution >= 0.6 is 11.3 Å². The number of nitrogens with zero attached hydrogens (tertiary/aromatic N) is 2. The van der Waals surface area contributed by atoms with Crippen LogP contribution in [0, 0.1) is 5.21 Å². The van der Waals surface area contributed by atoms with Crippen molar-refractivity contribution < 1.29 is 19.0 Å². The number of benzene rings is 1. The topological polar surface area (TPSA) is 87.4 Å². The van der Waals surface area contributed by atoms with E-state index in [2.05, 4.69) is 10.3 Å². The standard InChI is InChI=1S/C17H15N3O4S/c1-23-12-3-4-15(24-2)13(9-12)14-10-25-17(18-14)19-16(21)11-5-7-20(22)8-6-11/h3-10H,1-2H3,(H,18,19,21). The quantitative estimate of drug-likeness (QED) is 0.560. The number of aromatic nitrogens is 2. The van der Waals surface area contributed by atoms with Gasteiger partial charge in [-0.05, 0) is 18.2 Å². The maximum Gasteiger partial charge on any atom is 0.257 e. The van der Waals surface area contributed by atoms with E-state index in [1.165, 1.54) is 35.9 Å². The maximum atomic E-state index is 12.2. The summed E-state index contributed by atoms with van der Waals surface area (Å²) >= 11 is 1.30. The first-order valence-electron chi connectivity index (χ1n) is 7.29. The summed E-state index contributed by atoms with van der Waals surface area (Å²) in [6.45, 7) is 0. The first-order valence-corrected chi connectivity index (χ1v) is 8.17. The predicted molar refractivity (Wildman–Crippen MR) is 94.0 cm³/mol. The van der Waals surface area contributed by atoms with Gasteiger partial charge in [0, 0.05) is 23.1 Å². The van der Waals surface area contributed by atoms with Crippen LogP contribution in [0.2, 0.25) is 0 Å². The van der Waals surface area contributed by atoms with E-state index in [1.54, 1.807) is 26.4 Å². The highest BCUT2D eigenvalue weighted by Gasteiger charge is 2.14. The second kappa shape index (κ2) is 7.18. The third kappa shape index (κ3) is 3.69. The largest absolute Gasteiger partial charge is 0.619 e. The molecule has 8 heteroatoms. The molecule has 7 nitrogen and oxygen atoms in total. The lowest BCUT2D eigenvalue weighted by Gasteiger charge is -2.08. The average molecular weight is 357 g/mol. The lowest BCUT2D eigenvalue weighted by Crippen LogP contribution is -2.25. The van der Waals surface area contributed by atoms with Crippen LogP contribution in [0.15, 0.2) is 48.1 Å². The molecular formula is C17H15N3O4S. The van der Waals surface area contributed by atoms with Gasteiger partial charge in [-0.3, -0.25) is 10.1 Å². The molecule has 0 spiro atoms. The van der Waals surface area contributed by atoms with Crippen LogP contribution in [0.4, 0.5) is 5.13 Å². The van der Waals surface area contributed by atoms with Gasteiger partial charge in [-0.2, -0.15) is 4.73 Å². The number of hydrogen-bond acceptors (Lipinski definition) is 6. The van der Waals surface area contributed by atoms with Gasteiger partial charge >= 0.3 is 0 Å². The Morgan fingerprint density at radius 1 is 1.20 bits per heavy atom. The van der Waals surface area contributed by atoms with E-state index in [4.69, 9.17) is 9.47 Å². The summed E-state index contributed by atoms with van der Waals surface area (Å²) in [6.07, 6.45) is 2.53. The molecule has 1 amide bonds. The highest BCUT2D eigenvalue weighted by molar-refractivity contribution is 7.14. The second-order valence-corrected chi connectivity index (χ2v) is 5.86. The predicted octanol–water partition coefficient (Wildman–Crippen LogP) is 2.71. The summed E-state index contributed by atoms with van der Waals surface area (Å²) in [7, 11) is 3.17. The lowest BCUT2D eigenvalue weighted by molar-refractivity contribution is -0.605. The third-order valence-electron chi connectivity index (χ3n) is 3.47. The van der Waals surface area contributed by atoms with E-state index in [0.29, 0.717) is 32.6 Å². The van der Waals surface area contributed by atoms with Gasteiger partial charge in [-0.25, -0.2) is 4.98 Å². The number of thiazole rings is 1. The zero-order valence-corrected chi connectivity index (χ0v) is 14.4. The molecule has 0 radical (unpaired) electrons. The number of carbonyl (C=O) groups excluding carboxylic acids is 1. The number of nitrogens with one attached hydrogen (secondary N) is 1. The smallest absolute Gasteiger partial charge is 0.257 e. The first-order chi connectivity index (χ1) is 12.1. The molecule has 2 aromatic heterocycles. The fraction of sp³-hybridized carbons (Fsp3) is 0.118. The number of ether oxygens (including phenoxy) is 2. The van der Waals surface area contributed by atoms with Gasteiger partial charge in [-0.1, -0.05) is 0 Å². The SMILES string of the molecule is COc1ccc(OC)c(-c2csc(NC(=O)c3cc[n+]([O-])cc3)n2)c1. The van der Waals surface area contributed by atoms with Gasteiger partial charge in [0.05, 0.1) is 25.5 Å². The molecule has 0 saturated heterocycles. The summed E-state index contributed by atoms with van der Waals surface area (Å²) in [4.78, 5) is 16.6. The molecule has 0 aliphatic rings. The second-order valence-electron chi connectivity index (χ2n) is 5.00. The summed E-state index contributed by atoms with van der Waals surface area (Å²) < 4.78 is 11.2. The minimum Gasteiger partial charge on any atom is -0.619 e. The minimum atomic E-state index is -0.334. The molecule has 1 N–H and O–H groups in total. The Morgan fingerprint density at radius 3 is 2.64 bits per heavy atom. The summed E-state index contributed by atoms with van der Waals surface area (Å²) in [5, 5.41) is 16.0. The van der Waals surface area contributed by atoms with Crippen molar-refractivity contribution in [2.45, 2.75) is 0 Å². The zero-order valence-electron chi connectivity index (χ0n) is 13.6. The van der Waals surface area contributed by atoms with Crippen molar-refractivity contribution in [2.24, 2.45) is 0 Å². The van der Waals surface area contributed by atoms with Gasteiger partial charge in [0.2, 0.25) is 0 Å². The van der Waals surface area contributed by atoms with Crippen molar-refractivity contribution in [2.75, 3.05) is 19.5 Å². The number of amides is 1. The Hall–Kier alpha value is -3.13. The molecule has 0 fully saturated rings. The molecular weight excluding hydrogens is 342 g/mol. The van der Waals surface area contributed by atoms with Crippen LogP contribution in [0.1, 0.15) is 10.4 Å².